The first-order valence-corrected chi connectivity index (χ1v) is 12.3. The van der Waals surface area contributed by atoms with E-state index in [1.54, 1.807) is 19.2 Å². The van der Waals surface area contributed by atoms with E-state index >= 15 is 0 Å². The van der Waals surface area contributed by atoms with Gasteiger partial charge in [-0.1, -0.05) is 11.6 Å². The first-order valence-electron chi connectivity index (χ1n) is 11.9. The molecule has 188 valence electrons. The molecule has 2 aromatic carbocycles. The number of carbonyl (C=O) groups is 1. The fraction of sp³-hybridized carbons (Fsp3) is 0.480. The van der Waals surface area contributed by atoms with Crippen LogP contribution in [0.5, 0.6) is 0 Å². The third-order valence-corrected chi connectivity index (χ3v) is 7.19. The molecule has 0 bridgehead atoms. The maximum Gasteiger partial charge on any atom is 0.414 e. The maximum atomic E-state index is 12.8. The van der Waals surface area contributed by atoms with Crippen molar-refractivity contribution in [1.29, 1.82) is 0 Å². The van der Waals surface area contributed by atoms with Crippen molar-refractivity contribution in [3.8, 4) is 0 Å². The van der Waals surface area contributed by atoms with Gasteiger partial charge in [0.15, 0.2) is 0 Å². The average molecular weight is 502 g/mol. The summed E-state index contributed by atoms with van der Waals surface area (Å²) in [6, 6.07) is 13.2. The number of anilines is 3. The van der Waals surface area contributed by atoms with Gasteiger partial charge in [-0.05, 0) is 56.9 Å². The highest BCUT2D eigenvalue weighted by molar-refractivity contribution is 6.30. The summed E-state index contributed by atoms with van der Waals surface area (Å²) in [7, 11) is 5.94. The van der Waals surface area contributed by atoms with Crippen LogP contribution in [0.4, 0.5) is 27.5 Å². The highest BCUT2D eigenvalue weighted by Gasteiger charge is 2.28. The van der Waals surface area contributed by atoms with Gasteiger partial charge in [-0.25, -0.2) is 4.79 Å². The average Bonchev–Trinajstić information content (AvgIpc) is 3.35. The van der Waals surface area contributed by atoms with Gasteiger partial charge in [-0.15, -0.1) is 0 Å². The van der Waals surface area contributed by atoms with E-state index in [-0.39, 0.29) is 11.8 Å². The van der Waals surface area contributed by atoms with Crippen LogP contribution in [0.2, 0.25) is 5.02 Å². The van der Waals surface area contributed by atoms with Crippen LogP contribution in [0, 0.1) is 10.1 Å². The molecule has 2 fully saturated rings. The number of hydrogen-bond donors (Lipinski definition) is 0. The van der Waals surface area contributed by atoms with Crippen LogP contribution in [-0.2, 0) is 4.74 Å². The predicted molar refractivity (Wildman–Crippen MR) is 139 cm³/mol. The minimum absolute atomic E-state index is 0.0118. The molecule has 1 atom stereocenters. The number of nitro benzene ring substituents is 1. The Kier molecular flexibility index (Phi) is 7.66. The summed E-state index contributed by atoms with van der Waals surface area (Å²) in [5, 5.41) is 11.7. The van der Waals surface area contributed by atoms with E-state index < -0.39 is 11.0 Å². The zero-order chi connectivity index (χ0) is 25.1. The summed E-state index contributed by atoms with van der Waals surface area (Å²) in [4.78, 5) is 31.9. The maximum absolute atomic E-state index is 12.8. The molecule has 2 aliphatic heterocycles. The topological polar surface area (TPSA) is 82.4 Å². The van der Waals surface area contributed by atoms with Crippen LogP contribution in [0.3, 0.4) is 0 Å². The number of ether oxygens (including phenoxy) is 1. The SMILES string of the molecule is CN(C(=O)OC1CCN(c2ccc(Cl)cc2[N+](=O)[O-])CC1)c1ccc(N2CCC(N(C)C)C2)cc1. The van der Waals surface area contributed by atoms with Crippen molar-refractivity contribution < 1.29 is 14.5 Å². The number of halogens is 1. The van der Waals surface area contributed by atoms with E-state index in [1.165, 1.54) is 11.0 Å². The Morgan fingerprint density at radius 3 is 2.29 bits per heavy atom. The van der Waals surface area contributed by atoms with Crippen molar-refractivity contribution in [2.75, 3.05) is 62.0 Å². The largest absolute Gasteiger partial charge is 0.446 e. The van der Waals surface area contributed by atoms with Crippen LogP contribution < -0.4 is 14.7 Å². The van der Waals surface area contributed by atoms with E-state index in [4.69, 9.17) is 16.3 Å². The molecule has 0 spiro atoms. The fourth-order valence-corrected chi connectivity index (χ4v) is 4.90. The lowest BCUT2D eigenvalue weighted by Gasteiger charge is -2.33. The smallest absolute Gasteiger partial charge is 0.414 e. The molecule has 0 aromatic heterocycles. The van der Waals surface area contributed by atoms with Gasteiger partial charge in [0.1, 0.15) is 11.8 Å². The van der Waals surface area contributed by atoms with E-state index in [0.717, 1.165) is 30.9 Å². The number of hydrogen-bond acceptors (Lipinski definition) is 7. The van der Waals surface area contributed by atoms with Crippen molar-refractivity contribution in [1.82, 2.24) is 4.90 Å². The molecule has 0 radical (unpaired) electrons. The minimum atomic E-state index is -0.419. The second-order valence-corrected chi connectivity index (χ2v) is 9.82. The Balaban J connectivity index is 1.30. The number of piperidine rings is 1. The molecule has 35 heavy (non-hydrogen) atoms. The lowest BCUT2D eigenvalue weighted by Crippen LogP contribution is -2.40. The van der Waals surface area contributed by atoms with Gasteiger partial charge < -0.3 is 19.4 Å². The summed E-state index contributed by atoms with van der Waals surface area (Å²) >= 11 is 5.93. The summed E-state index contributed by atoms with van der Waals surface area (Å²) in [5.74, 6) is 0. The quantitative estimate of drug-likeness (QED) is 0.421. The van der Waals surface area contributed by atoms with Gasteiger partial charge >= 0.3 is 6.09 Å². The van der Waals surface area contributed by atoms with Crippen LogP contribution in [0.25, 0.3) is 0 Å². The molecule has 10 heteroatoms. The first kappa shape index (κ1) is 25.1. The van der Waals surface area contributed by atoms with Gasteiger partial charge in [-0.2, -0.15) is 0 Å². The normalized spacial score (nSPS) is 18.7. The number of carbonyl (C=O) groups excluding carboxylic acids is 1. The summed E-state index contributed by atoms with van der Waals surface area (Å²) in [6.07, 6.45) is 1.70. The van der Waals surface area contributed by atoms with Gasteiger partial charge in [0.2, 0.25) is 0 Å². The number of nitro groups is 1. The van der Waals surface area contributed by atoms with Gasteiger partial charge in [0.05, 0.1) is 4.92 Å². The Morgan fingerprint density at radius 2 is 1.69 bits per heavy atom. The summed E-state index contributed by atoms with van der Waals surface area (Å²) in [6.45, 7) is 3.14. The molecule has 2 aliphatic rings. The van der Waals surface area contributed by atoms with E-state index in [1.807, 2.05) is 17.0 Å². The second kappa shape index (κ2) is 10.7. The third-order valence-electron chi connectivity index (χ3n) is 6.95. The van der Waals surface area contributed by atoms with Crippen molar-refractivity contribution in [2.45, 2.75) is 31.4 Å². The number of amides is 1. The zero-order valence-electron chi connectivity index (χ0n) is 20.4. The Bertz CT molecular complexity index is 1060. The van der Waals surface area contributed by atoms with E-state index in [0.29, 0.717) is 42.7 Å². The standard InChI is InChI=1S/C25H32ClN5O4/c1-27(2)21-10-13-30(17-21)20-7-5-19(6-8-20)28(3)25(32)35-22-11-14-29(15-12-22)23-9-4-18(26)16-24(23)31(33)34/h4-9,16,21-22H,10-15,17H2,1-3H3. The number of nitrogens with zero attached hydrogens (tertiary/aromatic N) is 5. The molecule has 4 rings (SSSR count). The van der Waals surface area contributed by atoms with E-state index in [2.05, 4.69) is 36.0 Å². The van der Waals surface area contributed by atoms with Gasteiger partial charge in [0, 0.05) is 74.6 Å². The highest BCUT2D eigenvalue weighted by Crippen LogP contribution is 2.33. The fourth-order valence-electron chi connectivity index (χ4n) is 4.74. The highest BCUT2D eigenvalue weighted by atomic mass is 35.5. The Morgan fingerprint density at radius 1 is 1.03 bits per heavy atom. The molecule has 1 unspecified atom stereocenters. The van der Waals surface area contributed by atoms with Crippen molar-refractivity contribution in [3.05, 3.63) is 57.6 Å². The molecule has 2 heterocycles. The number of likely N-dealkylation sites (N-methyl/N-ethyl adjacent to an activating group) is 1. The van der Waals surface area contributed by atoms with Crippen LogP contribution in [-0.4, -0.2) is 75.4 Å². The molecule has 2 saturated heterocycles. The van der Waals surface area contributed by atoms with Crippen molar-refractivity contribution in [2.24, 2.45) is 0 Å². The molecule has 9 nitrogen and oxygen atoms in total. The van der Waals surface area contributed by atoms with Crippen LogP contribution in [0.15, 0.2) is 42.5 Å². The van der Waals surface area contributed by atoms with Gasteiger partial charge in [0.25, 0.3) is 5.69 Å². The molecule has 1 amide bonds. The predicted octanol–water partition coefficient (Wildman–Crippen LogP) is 4.63. The number of benzene rings is 2. The molecule has 0 saturated carbocycles. The molecule has 0 aliphatic carbocycles. The molecule has 2 aromatic rings. The first-order chi connectivity index (χ1) is 16.7. The van der Waals surface area contributed by atoms with Gasteiger partial charge in [-0.3, -0.25) is 15.0 Å². The summed E-state index contributed by atoms with van der Waals surface area (Å²) < 4.78 is 5.75. The number of rotatable bonds is 6. The summed E-state index contributed by atoms with van der Waals surface area (Å²) in [5.41, 5.74) is 2.46. The van der Waals surface area contributed by atoms with Crippen molar-refractivity contribution in [3.63, 3.8) is 0 Å². The van der Waals surface area contributed by atoms with Crippen LogP contribution in [0.1, 0.15) is 19.3 Å². The lowest BCUT2D eigenvalue weighted by molar-refractivity contribution is -0.384. The van der Waals surface area contributed by atoms with Crippen LogP contribution >= 0.6 is 11.6 Å². The minimum Gasteiger partial charge on any atom is -0.446 e. The molecular weight excluding hydrogens is 470 g/mol. The Hall–Kier alpha value is -3.04. The Labute approximate surface area is 210 Å². The zero-order valence-corrected chi connectivity index (χ0v) is 21.1. The third kappa shape index (κ3) is 5.79. The molecular formula is C25H32ClN5O4. The van der Waals surface area contributed by atoms with E-state index in [9.17, 15) is 14.9 Å². The lowest BCUT2D eigenvalue weighted by atomic mass is 10.1. The second-order valence-electron chi connectivity index (χ2n) is 9.39. The monoisotopic (exact) mass is 501 g/mol. The molecule has 0 N–H and O–H groups in total. The van der Waals surface area contributed by atoms with Crippen molar-refractivity contribution >= 4 is 40.4 Å².